The fourth-order valence-corrected chi connectivity index (χ4v) is 2.80. The molecule has 0 aliphatic carbocycles. The molecule has 0 bridgehead atoms. The second-order valence-electron chi connectivity index (χ2n) is 4.68. The second-order valence-corrected chi connectivity index (χ2v) is 5.59. The second kappa shape index (κ2) is 7.64. The number of piperazine rings is 1. The van der Waals surface area contributed by atoms with Crippen LogP contribution in [0.15, 0.2) is 28.7 Å². The Morgan fingerprint density at radius 2 is 1.90 bits per heavy atom. The maximum absolute atomic E-state index is 12.8. The minimum atomic E-state index is -4.15. The van der Waals surface area contributed by atoms with Crippen molar-refractivity contribution >= 4 is 28.3 Å². The van der Waals surface area contributed by atoms with E-state index < -0.39 is 18.6 Å². The molecule has 1 atom stereocenters. The number of nitrogens with zero attached hydrogens (tertiary/aromatic N) is 1. The number of halogens is 5. The lowest BCUT2D eigenvalue weighted by Crippen LogP contribution is -2.46. The van der Waals surface area contributed by atoms with Crippen LogP contribution in [0, 0.1) is 0 Å². The zero-order valence-corrected chi connectivity index (χ0v) is 13.2. The fraction of sp³-hybridized carbons (Fsp3) is 0.538. The molecule has 0 unspecified atom stereocenters. The van der Waals surface area contributed by atoms with Crippen LogP contribution in [0.3, 0.4) is 0 Å². The van der Waals surface area contributed by atoms with Gasteiger partial charge in [0.05, 0.1) is 6.42 Å². The van der Waals surface area contributed by atoms with E-state index in [0.717, 1.165) is 17.6 Å². The number of alkyl halides is 3. The van der Waals surface area contributed by atoms with Crippen LogP contribution in [-0.4, -0.2) is 37.3 Å². The maximum atomic E-state index is 12.8. The van der Waals surface area contributed by atoms with E-state index in [4.69, 9.17) is 0 Å². The number of nitrogens with one attached hydrogen (secondary N) is 1. The van der Waals surface area contributed by atoms with E-state index in [1.807, 2.05) is 11.0 Å². The van der Waals surface area contributed by atoms with Crippen molar-refractivity contribution in [3.8, 4) is 0 Å². The minimum absolute atomic E-state index is 0. The molecule has 1 heterocycles. The average Bonchev–Trinajstić information content (AvgIpc) is 2.36. The minimum Gasteiger partial charge on any atom is -0.314 e. The van der Waals surface area contributed by atoms with E-state index in [1.54, 1.807) is 18.2 Å². The van der Waals surface area contributed by atoms with Gasteiger partial charge in [-0.1, -0.05) is 28.1 Å². The highest BCUT2D eigenvalue weighted by atomic mass is 79.9. The highest BCUT2D eigenvalue weighted by Gasteiger charge is 2.35. The molecule has 1 saturated heterocycles. The predicted molar refractivity (Wildman–Crippen MR) is 79.2 cm³/mol. The van der Waals surface area contributed by atoms with E-state index in [9.17, 15) is 13.2 Å². The first kappa shape index (κ1) is 17.8. The van der Waals surface area contributed by atoms with Gasteiger partial charge < -0.3 is 5.32 Å². The summed E-state index contributed by atoms with van der Waals surface area (Å²) in [6, 6.07) is 6.55. The van der Waals surface area contributed by atoms with Crippen molar-refractivity contribution in [2.75, 3.05) is 26.2 Å². The maximum Gasteiger partial charge on any atom is 0.390 e. The summed E-state index contributed by atoms with van der Waals surface area (Å²) in [5, 5.41) is 3.16. The summed E-state index contributed by atoms with van der Waals surface area (Å²) in [7, 11) is 0. The molecule has 0 spiro atoms. The lowest BCUT2D eigenvalue weighted by atomic mass is 10.0. The topological polar surface area (TPSA) is 15.3 Å². The van der Waals surface area contributed by atoms with Crippen LogP contribution in [-0.2, 0) is 0 Å². The van der Waals surface area contributed by atoms with Crippen LogP contribution in [0.2, 0.25) is 0 Å². The van der Waals surface area contributed by atoms with Crippen molar-refractivity contribution in [3.05, 3.63) is 34.3 Å². The number of rotatable bonds is 3. The first-order valence-corrected chi connectivity index (χ1v) is 7.02. The molecule has 1 aliphatic rings. The quantitative estimate of drug-likeness (QED) is 0.868. The number of hydrogen-bond donors (Lipinski definition) is 1. The summed E-state index contributed by atoms with van der Waals surface area (Å²) in [4.78, 5) is 1.91. The third-order valence-electron chi connectivity index (χ3n) is 3.25. The normalized spacial score (nSPS) is 18.4. The summed E-state index contributed by atoms with van der Waals surface area (Å²) >= 11 is 3.32. The molecule has 0 radical (unpaired) electrons. The Morgan fingerprint density at radius 3 is 2.45 bits per heavy atom. The van der Waals surface area contributed by atoms with Gasteiger partial charge >= 0.3 is 6.18 Å². The van der Waals surface area contributed by atoms with Crippen molar-refractivity contribution in [1.82, 2.24) is 10.2 Å². The molecule has 2 rings (SSSR count). The molecule has 1 aromatic carbocycles. The lowest BCUT2D eigenvalue weighted by Gasteiger charge is -2.35. The Labute approximate surface area is 131 Å². The van der Waals surface area contributed by atoms with E-state index in [1.165, 1.54) is 0 Å². The van der Waals surface area contributed by atoms with Gasteiger partial charge in [0.25, 0.3) is 0 Å². The van der Waals surface area contributed by atoms with Crippen molar-refractivity contribution < 1.29 is 13.2 Å². The number of benzene rings is 1. The lowest BCUT2D eigenvalue weighted by molar-refractivity contribution is -0.148. The van der Waals surface area contributed by atoms with E-state index in [0.29, 0.717) is 18.7 Å². The molecule has 0 saturated carbocycles. The van der Waals surface area contributed by atoms with Gasteiger partial charge in [0.1, 0.15) is 0 Å². The molecule has 1 fully saturated rings. The fourth-order valence-electron chi connectivity index (χ4n) is 2.38. The molecular formula is C13H17BrClF3N2. The largest absolute Gasteiger partial charge is 0.390 e. The van der Waals surface area contributed by atoms with Crippen LogP contribution in [0.1, 0.15) is 18.0 Å². The summed E-state index contributed by atoms with van der Waals surface area (Å²) in [6.45, 7) is 2.77. The van der Waals surface area contributed by atoms with Gasteiger partial charge in [0.2, 0.25) is 0 Å². The van der Waals surface area contributed by atoms with Crippen LogP contribution >= 0.6 is 28.3 Å². The molecule has 7 heteroatoms. The van der Waals surface area contributed by atoms with Gasteiger partial charge in [-0.15, -0.1) is 12.4 Å². The Hall–Kier alpha value is -0.300. The molecule has 114 valence electrons. The van der Waals surface area contributed by atoms with Gasteiger partial charge in [-0.05, 0) is 17.7 Å². The first-order chi connectivity index (χ1) is 8.96. The van der Waals surface area contributed by atoms with Crippen molar-refractivity contribution in [1.29, 1.82) is 0 Å². The highest BCUT2D eigenvalue weighted by molar-refractivity contribution is 9.10. The van der Waals surface area contributed by atoms with Gasteiger partial charge in [-0.2, -0.15) is 13.2 Å². The van der Waals surface area contributed by atoms with E-state index >= 15 is 0 Å². The molecule has 1 aliphatic heterocycles. The van der Waals surface area contributed by atoms with Crippen LogP contribution in [0.5, 0.6) is 0 Å². The third kappa shape index (κ3) is 5.24. The van der Waals surface area contributed by atoms with E-state index in [-0.39, 0.29) is 12.4 Å². The van der Waals surface area contributed by atoms with Crippen molar-refractivity contribution in [3.63, 3.8) is 0 Å². The SMILES string of the molecule is Cl.FC(F)(F)C[C@@H](c1cccc(Br)c1)N1CCNCC1. The monoisotopic (exact) mass is 372 g/mol. The zero-order valence-electron chi connectivity index (χ0n) is 10.8. The molecule has 0 amide bonds. The third-order valence-corrected chi connectivity index (χ3v) is 3.74. The van der Waals surface area contributed by atoms with Crippen molar-refractivity contribution in [2.45, 2.75) is 18.6 Å². The molecule has 0 aromatic heterocycles. The molecular weight excluding hydrogens is 357 g/mol. The van der Waals surface area contributed by atoms with Gasteiger partial charge in [-0.3, -0.25) is 4.90 Å². The smallest absolute Gasteiger partial charge is 0.314 e. The predicted octanol–water partition coefficient (Wildman–Crippen LogP) is 3.77. The summed E-state index contributed by atoms with van der Waals surface area (Å²) in [6.07, 6.45) is -4.96. The molecule has 1 aromatic rings. The number of hydrogen-bond acceptors (Lipinski definition) is 2. The Bertz CT molecular complexity index is 422. The molecule has 1 N–H and O–H groups in total. The average molecular weight is 374 g/mol. The van der Waals surface area contributed by atoms with E-state index in [2.05, 4.69) is 21.2 Å². The van der Waals surface area contributed by atoms with Gasteiger partial charge in [0, 0.05) is 36.7 Å². The molecule has 20 heavy (non-hydrogen) atoms. The van der Waals surface area contributed by atoms with Crippen LogP contribution < -0.4 is 5.32 Å². The highest BCUT2D eigenvalue weighted by Crippen LogP contribution is 2.34. The molecule has 2 nitrogen and oxygen atoms in total. The Morgan fingerprint density at radius 1 is 1.25 bits per heavy atom. The van der Waals surface area contributed by atoms with Crippen molar-refractivity contribution in [2.24, 2.45) is 0 Å². The van der Waals surface area contributed by atoms with Crippen LogP contribution in [0.25, 0.3) is 0 Å². The Balaban J connectivity index is 0.00000200. The standard InChI is InChI=1S/C13H16BrF3N2.ClH/c14-11-3-1-2-10(8-11)12(9-13(15,16)17)19-6-4-18-5-7-19;/h1-3,8,12,18H,4-7,9H2;1H/t12-;/m0./s1. The summed E-state index contributed by atoms with van der Waals surface area (Å²) in [5.74, 6) is 0. The first-order valence-electron chi connectivity index (χ1n) is 6.23. The summed E-state index contributed by atoms with van der Waals surface area (Å²) < 4.78 is 39.2. The Kier molecular flexibility index (Phi) is 6.78. The van der Waals surface area contributed by atoms with Crippen LogP contribution in [0.4, 0.5) is 13.2 Å². The summed E-state index contributed by atoms with van der Waals surface area (Å²) in [5.41, 5.74) is 0.716. The van der Waals surface area contributed by atoms with Gasteiger partial charge in [0.15, 0.2) is 0 Å². The zero-order chi connectivity index (χ0) is 13.9. The van der Waals surface area contributed by atoms with Gasteiger partial charge in [-0.25, -0.2) is 0 Å².